The highest BCUT2D eigenvalue weighted by Crippen LogP contribution is 2.38. The molecule has 1 saturated heterocycles. The van der Waals surface area contributed by atoms with Gasteiger partial charge in [-0.2, -0.15) is 4.98 Å². The van der Waals surface area contributed by atoms with Gasteiger partial charge in [-0.3, -0.25) is 4.79 Å². The molecule has 1 atom stereocenters. The van der Waals surface area contributed by atoms with Crippen molar-refractivity contribution in [2.45, 2.75) is 18.8 Å². The molecular weight excluding hydrogens is 384 g/mol. The van der Waals surface area contributed by atoms with Crippen LogP contribution < -0.4 is 14.4 Å². The largest absolute Gasteiger partial charge is 0.454 e. The molecule has 2 aliphatic heterocycles. The number of ether oxygens (including phenoxy) is 2. The highest BCUT2D eigenvalue weighted by molar-refractivity contribution is 5.96. The zero-order valence-corrected chi connectivity index (χ0v) is 16.0. The minimum absolute atomic E-state index is 0.0295. The van der Waals surface area contributed by atoms with Crippen molar-refractivity contribution in [3.8, 4) is 11.5 Å². The summed E-state index contributed by atoms with van der Waals surface area (Å²) in [6.07, 6.45) is 2.86. The minimum Gasteiger partial charge on any atom is -0.454 e. The number of nitrogens with zero attached hydrogens (tertiary/aromatic N) is 3. The average Bonchev–Trinajstić information content (AvgIpc) is 3.54. The molecule has 2 aliphatic rings. The lowest BCUT2D eigenvalue weighted by molar-refractivity contribution is -0.117. The van der Waals surface area contributed by atoms with Crippen LogP contribution in [0.5, 0.6) is 11.5 Å². The third-order valence-electron chi connectivity index (χ3n) is 5.66. The molecule has 0 bridgehead atoms. The van der Waals surface area contributed by atoms with Crippen LogP contribution in [0.25, 0.3) is 10.9 Å². The number of rotatable bonds is 4. The zero-order valence-electron chi connectivity index (χ0n) is 16.0. The number of benzene rings is 2. The molecule has 2 aromatic carbocycles. The van der Waals surface area contributed by atoms with Gasteiger partial charge in [0.25, 0.3) is 0 Å². The summed E-state index contributed by atoms with van der Waals surface area (Å²) in [7, 11) is 0. The van der Waals surface area contributed by atoms with E-state index in [-0.39, 0.29) is 18.6 Å². The number of H-pyrrole nitrogens is 1. The number of fused-ring (bicyclic) bond motifs is 2. The van der Waals surface area contributed by atoms with E-state index in [1.165, 1.54) is 0 Å². The maximum Gasteiger partial charge on any atom is 0.231 e. The van der Waals surface area contributed by atoms with Crippen LogP contribution in [0.15, 0.2) is 53.2 Å². The first-order valence-corrected chi connectivity index (χ1v) is 9.82. The number of para-hydroxylation sites is 1. The van der Waals surface area contributed by atoms with Gasteiger partial charge in [0.1, 0.15) is 0 Å². The summed E-state index contributed by atoms with van der Waals surface area (Å²) >= 11 is 0. The Hall–Kier alpha value is -3.81. The van der Waals surface area contributed by atoms with Crippen molar-refractivity contribution in [3.05, 3.63) is 65.9 Å². The lowest BCUT2D eigenvalue weighted by Crippen LogP contribution is -2.24. The molecule has 0 saturated carbocycles. The van der Waals surface area contributed by atoms with Gasteiger partial charge in [-0.1, -0.05) is 23.4 Å². The van der Waals surface area contributed by atoms with Gasteiger partial charge in [-0.25, -0.2) is 0 Å². The number of anilines is 1. The molecule has 0 aliphatic carbocycles. The summed E-state index contributed by atoms with van der Waals surface area (Å²) in [5, 5.41) is 5.30. The van der Waals surface area contributed by atoms with Crippen molar-refractivity contribution in [1.29, 1.82) is 0 Å². The summed E-state index contributed by atoms with van der Waals surface area (Å²) < 4.78 is 16.3. The summed E-state index contributed by atoms with van der Waals surface area (Å²) in [5.74, 6) is 2.39. The molecule has 4 heterocycles. The van der Waals surface area contributed by atoms with Gasteiger partial charge in [0.15, 0.2) is 17.3 Å². The van der Waals surface area contributed by atoms with Crippen molar-refractivity contribution in [3.63, 3.8) is 0 Å². The second kappa shape index (κ2) is 6.62. The van der Waals surface area contributed by atoms with Crippen molar-refractivity contribution >= 4 is 22.5 Å². The van der Waals surface area contributed by atoms with Crippen LogP contribution in [0, 0.1) is 0 Å². The van der Waals surface area contributed by atoms with Gasteiger partial charge < -0.3 is 23.9 Å². The quantitative estimate of drug-likeness (QED) is 0.562. The lowest BCUT2D eigenvalue weighted by Gasteiger charge is -2.16. The first-order valence-electron chi connectivity index (χ1n) is 9.82. The molecule has 8 heteroatoms. The first-order chi connectivity index (χ1) is 14.7. The van der Waals surface area contributed by atoms with Gasteiger partial charge >= 0.3 is 0 Å². The number of hydrogen-bond acceptors (Lipinski definition) is 6. The highest BCUT2D eigenvalue weighted by atomic mass is 16.7. The normalized spacial score (nSPS) is 17.9. The smallest absolute Gasteiger partial charge is 0.231 e. The Morgan fingerprint density at radius 1 is 1.13 bits per heavy atom. The SMILES string of the molecule is O=C1CC(c2noc(Cc3c[nH]c4ccccc34)n2)CN1c1ccc2c(c1)OCO2. The Morgan fingerprint density at radius 2 is 2.03 bits per heavy atom. The minimum atomic E-state index is -0.108. The van der Waals surface area contributed by atoms with E-state index in [1.807, 2.05) is 42.6 Å². The predicted molar refractivity (Wildman–Crippen MR) is 108 cm³/mol. The van der Waals surface area contributed by atoms with E-state index in [1.54, 1.807) is 4.90 Å². The molecule has 1 fully saturated rings. The number of aromatic amines is 1. The lowest BCUT2D eigenvalue weighted by atomic mass is 10.1. The molecule has 2 aromatic heterocycles. The van der Waals surface area contributed by atoms with Crippen LogP contribution in [-0.4, -0.2) is 34.4 Å². The van der Waals surface area contributed by atoms with Gasteiger partial charge in [0.2, 0.25) is 18.6 Å². The summed E-state index contributed by atoms with van der Waals surface area (Å²) in [6, 6.07) is 13.6. The zero-order chi connectivity index (χ0) is 20.1. The van der Waals surface area contributed by atoms with Crippen molar-refractivity contribution < 1.29 is 18.8 Å². The molecule has 4 aromatic rings. The molecule has 30 heavy (non-hydrogen) atoms. The van der Waals surface area contributed by atoms with Gasteiger partial charge in [-0.05, 0) is 23.8 Å². The topological polar surface area (TPSA) is 93.5 Å². The molecule has 6 rings (SSSR count). The van der Waals surface area contributed by atoms with Gasteiger partial charge in [0.05, 0.1) is 6.42 Å². The Bertz CT molecular complexity index is 1260. The predicted octanol–water partition coefficient (Wildman–Crippen LogP) is 3.39. The van der Waals surface area contributed by atoms with E-state index < -0.39 is 0 Å². The highest BCUT2D eigenvalue weighted by Gasteiger charge is 2.35. The monoisotopic (exact) mass is 402 g/mol. The van der Waals surface area contributed by atoms with Crippen LogP contribution >= 0.6 is 0 Å². The Labute approximate surface area is 171 Å². The van der Waals surface area contributed by atoms with Crippen LogP contribution in [0.2, 0.25) is 0 Å². The number of amides is 1. The number of hydrogen-bond donors (Lipinski definition) is 1. The molecular formula is C22H18N4O4. The Morgan fingerprint density at radius 3 is 3.00 bits per heavy atom. The third kappa shape index (κ3) is 2.80. The Kier molecular flexibility index (Phi) is 3.77. The second-order valence-corrected chi connectivity index (χ2v) is 7.53. The number of aromatic nitrogens is 3. The fourth-order valence-corrected chi connectivity index (χ4v) is 4.13. The van der Waals surface area contributed by atoms with Crippen LogP contribution in [0.4, 0.5) is 5.69 Å². The van der Waals surface area contributed by atoms with Crippen LogP contribution in [0.1, 0.15) is 29.6 Å². The fraction of sp³-hybridized carbons (Fsp3) is 0.227. The van der Waals surface area contributed by atoms with E-state index in [4.69, 9.17) is 14.0 Å². The van der Waals surface area contributed by atoms with Crippen LogP contribution in [0.3, 0.4) is 0 Å². The second-order valence-electron chi connectivity index (χ2n) is 7.53. The van der Waals surface area contributed by atoms with Gasteiger partial charge in [-0.15, -0.1) is 0 Å². The Balaban J connectivity index is 1.20. The molecule has 8 nitrogen and oxygen atoms in total. The van der Waals surface area contributed by atoms with Gasteiger partial charge in [0, 0.05) is 47.7 Å². The maximum absolute atomic E-state index is 12.6. The van der Waals surface area contributed by atoms with E-state index in [0.717, 1.165) is 22.2 Å². The summed E-state index contributed by atoms with van der Waals surface area (Å²) in [4.78, 5) is 22.2. The summed E-state index contributed by atoms with van der Waals surface area (Å²) in [6.45, 7) is 0.710. The van der Waals surface area contributed by atoms with E-state index >= 15 is 0 Å². The number of nitrogens with one attached hydrogen (secondary N) is 1. The fourth-order valence-electron chi connectivity index (χ4n) is 4.13. The summed E-state index contributed by atoms with van der Waals surface area (Å²) in [5.41, 5.74) is 2.97. The first kappa shape index (κ1) is 17.1. The third-order valence-corrected chi connectivity index (χ3v) is 5.66. The van der Waals surface area contributed by atoms with Crippen molar-refractivity contribution in [2.75, 3.05) is 18.2 Å². The standard InChI is InChI=1S/C22H18N4O4/c27-21-8-14(11-26(21)15-5-6-18-19(9-15)29-12-28-18)22-24-20(30-25-22)7-13-10-23-17-4-2-1-3-16(13)17/h1-6,9-10,14,23H,7-8,11-12H2. The van der Waals surface area contributed by atoms with E-state index in [0.29, 0.717) is 42.6 Å². The number of carbonyl (C=O) groups excluding carboxylic acids is 1. The van der Waals surface area contributed by atoms with Crippen molar-refractivity contribution in [1.82, 2.24) is 15.1 Å². The molecule has 1 amide bonds. The molecule has 1 unspecified atom stereocenters. The molecule has 150 valence electrons. The molecule has 1 N–H and O–H groups in total. The van der Waals surface area contributed by atoms with Crippen LogP contribution in [-0.2, 0) is 11.2 Å². The molecule has 0 spiro atoms. The van der Waals surface area contributed by atoms with Crippen molar-refractivity contribution in [2.24, 2.45) is 0 Å². The van der Waals surface area contributed by atoms with E-state index in [9.17, 15) is 4.79 Å². The van der Waals surface area contributed by atoms with E-state index in [2.05, 4.69) is 21.2 Å². The maximum atomic E-state index is 12.6. The average molecular weight is 402 g/mol. The molecule has 0 radical (unpaired) electrons. The number of carbonyl (C=O) groups is 1.